The van der Waals surface area contributed by atoms with E-state index in [2.05, 4.69) is 173 Å². The third-order valence-corrected chi connectivity index (χ3v) is 18.3. The molecule has 290 valence electrons. The van der Waals surface area contributed by atoms with Crippen molar-refractivity contribution in [2.75, 3.05) is 6.61 Å². The van der Waals surface area contributed by atoms with Crippen molar-refractivity contribution >= 4 is 31.4 Å². The summed E-state index contributed by atoms with van der Waals surface area (Å²) in [6.45, 7) is 26.6. The van der Waals surface area contributed by atoms with E-state index in [1.807, 2.05) is 0 Å². The second kappa shape index (κ2) is 15.1. The first-order valence-corrected chi connectivity index (χ1v) is 24.3. The summed E-state index contributed by atoms with van der Waals surface area (Å²) < 4.78 is 6.14. The quantitative estimate of drug-likeness (QED) is 0.104. The van der Waals surface area contributed by atoms with Crippen molar-refractivity contribution in [1.82, 2.24) is 0 Å². The molecule has 55 heavy (non-hydrogen) atoms. The van der Waals surface area contributed by atoms with E-state index in [0.717, 1.165) is 13.0 Å². The molecule has 0 bridgehead atoms. The van der Waals surface area contributed by atoms with Gasteiger partial charge in [0.05, 0.1) is 13.7 Å². The maximum atomic E-state index is 6.14. The molecule has 7 rings (SSSR count). The molecule has 1 saturated carbocycles. The molecule has 0 amide bonds. The Hall–Kier alpha value is -3.46. The van der Waals surface area contributed by atoms with E-state index in [4.69, 9.17) is 4.74 Å². The van der Waals surface area contributed by atoms with Crippen LogP contribution in [0.4, 0.5) is 0 Å². The van der Waals surface area contributed by atoms with Gasteiger partial charge in [-0.25, -0.2) is 0 Å². The summed E-state index contributed by atoms with van der Waals surface area (Å²) in [5.41, 5.74) is 18.9. The van der Waals surface area contributed by atoms with Crippen LogP contribution in [-0.2, 0) is 15.6 Å². The van der Waals surface area contributed by atoms with Crippen LogP contribution in [0.2, 0.25) is 12.6 Å². The van der Waals surface area contributed by atoms with Crippen molar-refractivity contribution in [3.8, 4) is 0 Å². The maximum Gasteiger partial charge on any atom is 0.0761 e. The number of allylic oxidation sites excluding steroid dienone is 2. The Kier molecular flexibility index (Phi) is 10.9. The molecule has 0 radical (unpaired) electrons. The molecule has 3 atom stereocenters. The molecule has 4 aromatic rings. The lowest BCUT2D eigenvalue weighted by Gasteiger charge is -2.44. The van der Waals surface area contributed by atoms with Crippen molar-refractivity contribution in [2.24, 2.45) is 0 Å². The van der Waals surface area contributed by atoms with Crippen LogP contribution in [-0.4, -0.2) is 20.3 Å². The van der Waals surface area contributed by atoms with Crippen molar-refractivity contribution in [2.45, 2.75) is 154 Å². The van der Waals surface area contributed by atoms with Gasteiger partial charge in [-0.05, 0) is 130 Å². The number of benzene rings is 4. The first-order chi connectivity index (χ1) is 26.0. The third kappa shape index (κ3) is 8.33. The van der Waals surface area contributed by atoms with E-state index in [1.54, 1.807) is 27.8 Å². The monoisotopic (exact) mass is 749 g/mol. The van der Waals surface area contributed by atoms with Gasteiger partial charge >= 0.3 is 0 Å². The molecule has 1 fully saturated rings. The Morgan fingerprint density at radius 2 is 1.09 bits per heavy atom. The number of hydrogen-bond acceptors (Lipinski definition) is 1. The molecule has 0 saturated heterocycles. The van der Waals surface area contributed by atoms with Gasteiger partial charge in [-0.1, -0.05) is 170 Å². The van der Waals surface area contributed by atoms with Crippen molar-refractivity contribution < 1.29 is 4.74 Å². The van der Waals surface area contributed by atoms with Gasteiger partial charge in [-0.15, -0.1) is 0 Å². The molecule has 4 aromatic carbocycles. The average molecular weight is 749 g/mol. The molecule has 0 N–H and O–H groups in total. The molecule has 0 aromatic heterocycles. The fraction of sp³-hybridized carbons (Fsp3) is 0.472. The summed E-state index contributed by atoms with van der Waals surface area (Å²) >= 11 is 0. The Balaban J connectivity index is 1.37. The van der Waals surface area contributed by atoms with Crippen LogP contribution in [0.3, 0.4) is 0 Å². The number of ether oxygens (including phenoxy) is 1. The topological polar surface area (TPSA) is 9.23 Å². The standard InChI is InChI=1S/C53H68OSi/c1-36-32-40(51(2,3)4)26-28-42(36)47-33-38-20-14-16-22-43(38)49(47)55(11,31-19-13-12-18-30-54-53(8,9)10)50-44-23-17-15-21-39(44)34-48(50)45-29-27-41(52(5,6)7)35-46(45)37-24-25-37/h14-17,20-23,26-29,32-35,37,49-50H,12-13,18-19,24-25,30-31H2,1-11H3. The lowest BCUT2D eigenvalue weighted by atomic mass is 9.83. The van der Waals surface area contributed by atoms with Crippen LogP contribution < -0.4 is 0 Å². The normalized spacial score (nSPS) is 19.5. The second-order valence-corrected chi connectivity index (χ2v) is 25.2. The molecule has 3 aliphatic rings. The number of aryl methyl sites for hydroxylation is 1. The molecule has 2 heteroatoms. The fourth-order valence-corrected chi connectivity index (χ4v) is 15.6. The van der Waals surface area contributed by atoms with Crippen LogP contribution in [0.1, 0.15) is 173 Å². The first-order valence-electron chi connectivity index (χ1n) is 21.5. The average Bonchev–Trinajstić information content (AvgIpc) is 3.78. The number of fused-ring (bicyclic) bond motifs is 2. The van der Waals surface area contributed by atoms with Gasteiger partial charge in [0, 0.05) is 17.7 Å². The van der Waals surface area contributed by atoms with Crippen molar-refractivity contribution in [3.05, 3.63) is 141 Å². The van der Waals surface area contributed by atoms with Crippen LogP contribution >= 0.6 is 0 Å². The Bertz CT molecular complexity index is 2090. The number of hydrogen-bond donors (Lipinski definition) is 0. The molecule has 0 heterocycles. The minimum Gasteiger partial charge on any atom is -0.376 e. The predicted octanol–water partition coefficient (Wildman–Crippen LogP) is 15.0. The summed E-state index contributed by atoms with van der Waals surface area (Å²) in [6.07, 6.45) is 12.7. The summed E-state index contributed by atoms with van der Waals surface area (Å²) in [6, 6.07) is 35.1. The molecule has 0 aliphatic heterocycles. The minimum absolute atomic E-state index is 0.0731. The molecule has 3 unspecified atom stereocenters. The molecular weight excluding hydrogens is 681 g/mol. The van der Waals surface area contributed by atoms with Gasteiger partial charge in [0.15, 0.2) is 0 Å². The summed E-state index contributed by atoms with van der Waals surface area (Å²) in [7, 11) is -2.30. The van der Waals surface area contributed by atoms with E-state index in [9.17, 15) is 0 Å². The Morgan fingerprint density at radius 1 is 0.582 bits per heavy atom. The van der Waals surface area contributed by atoms with E-state index in [1.165, 1.54) is 77.1 Å². The summed E-state index contributed by atoms with van der Waals surface area (Å²) in [5.74, 6) is 0.678. The maximum absolute atomic E-state index is 6.14. The second-order valence-electron chi connectivity index (χ2n) is 20.6. The van der Waals surface area contributed by atoms with Gasteiger partial charge in [0.1, 0.15) is 0 Å². The van der Waals surface area contributed by atoms with Gasteiger partial charge in [0.2, 0.25) is 0 Å². The summed E-state index contributed by atoms with van der Waals surface area (Å²) in [5, 5.41) is 0. The summed E-state index contributed by atoms with van der Waals surface area (Å²) in [4.78, 5) is 0. The molecular formula is C53H68OSi. The highest BCUT2D eigenvalue weighted by atomic mass is 28.3. The fourth-order valence-electron chi connectivity index (χ4n) is 9.81. The zero-order chi connectivity index (χ0) is 39.3. The lowest BCUT2D eigenvalue weighted by molar-refractivity contribution is -0.00471. The first kappa shape index (κ1) is 39.8. The smallest absolute Gasteiger partial charge is 0.0761 e. The van der Waals surface area contributed by atoms with Crippen LogP contribution in [0.15, 0.2) is 84.9 Å². The van der Waals surface area contributed by atoms with Crippen LogP contribution in [0, 0.1) is 6.92 Å². The van der Waals surface area contributed by atoms with E-state index in [-0.39, 0.29) is 16.4 Å². The SMILES string of the molecule is Cc1cc(C(C)(C)C)ccc1C1=Cc2ccccc2C1[Si](C)(CCCCCCOC(C)(C)C)C1C(c2ccc(C(C)(C)C)cc2C2CC2)=Cc2ccccc21. The van der Waals surface area contributed by atoms with Crippen molar-refractivity contribution in [3.63, 3.8) is 0 Å². The Labute approximate surface area is 335 Å². The van der Waals surface area contributed by atoms with Crippen LogP contribution in [0.5, 0.6) is 0 Å². The van der Waals surface area contributed by atoms with Crippen molar-refractivity contribution in [1.29, 1.82) is 0 Å². The predicted molar refractivity (Wildman–Crippen MR) is 242 cm³/mol. The van der Waals surface area contributed by atoms with Crippen LogP contribution in [0.25, 0.3) is 23.3 Å². The van der Waals surface area contributed by atoms with E-state index in [0.29, 0.717) is 17.0 Å². The van der Waals surface area contributed by atoms with Gasteiger partial charge in [-0.2, -0.15) is 0 Å². The van der Waals surface area contributed by atoms with E-state index < -0.39 is 8.07 Å². The zero-order valence-electron chi connectivity index (χ0n) is 36.0. The van der Waals surface area contributed by atoms with Gasteiger partial charge in [0.25, 0.3) is 0 Å². The largest absolute Gasteiger partial charge is 0.376 e. The highest BCUT2D eigenvalue weighted by Gasteiger charge is 2.52. The van der Waals surface area contributed by atoms with Gasteiger partial charge < -0.3 is 4.74 Å². The van der Waals surface area contributed by atoms with E-state index >= 15 is 0 Å². The molecule has 0 spiro atoms. The highest BCUT2D eigenvalue weighted by Crippen LogP contribution is 2.60. The highest BCUT2D eigenvalue weighted by molar-refractivity contribution is 6.85. The lowest BCUT2D eigenvalue weighted by Crippen LogP contribution is -2.45. The number of rotatable bonds is 12. The van der Waals surface area contributed by atoms with Gasteiger partial charge in [-0.3, -0.25) is 0 Å². The molecule has 1 nitrogen and oxygen atoms in total. The minimum atomic E-state index is -2.30. The third-order valence-electron chi connectivity index (χ3n) is 13.0. The number of unbranched alkanes of at least 4 members (excludes halogenated alkanes) is 3. The zero-order valence-corrected chi connectivity index (χ0v) is 37.0. The molecule has 3 aliphatic carbocycles. The Morgan fingerprint density at radius 3 is 1.62 bits per heavy atom.